The molecule has 1 aromatic rings. The number of carboxylic acid groups (broad SMARTS) is 1. The number of carboxylic acids is 1. The fraction of sp³-hybridized carbons (Fsp3) is 0.364. The molecule has 19 heavy (non-hydrogen) atoms. The Kier molecular flexibility index (Phi) is 4.36. The quantitative estimate of drug-likeness (QED) is 0.635. The van der Waals surface area contributed by atoms with Crippen molar-refractivity contribution in [2.24, 2.45) is 5.92 Å². The first-order valence-corrected chi connectivity index (χ1v) is 5.36. The van der Waals surface area contributed by atoms with Crippen LogP contribution in [0.15, 0.2) is 12.1 Å². The van der Waals surface area contributed by atoms with Crippen LogP contribution in [-0.4, -0.2) is 22.0 Å². The highest BCUT2D eigenvalue weighted by molar-refractivity contribution is 5.77. The fourth-order valence-corrected chi connectivity index (χ4v) is 1.47. The summed E-state index contributed by atoms with van der Waals surface area (Å²) in [6.45, 7) is 3.12. The zero-order valence-corrected chi connectivity index (χ0v) is 10.2. The minimum atomic E-state index is -1.27. The Bertz CT molecular complexity index is 496. The Hall–Kier alpha value is -2.25. The maximum atomic E-state index is 13.6. The summed E-state index contributed by atoms with van der Waals surface area (Å²) in [5, 5.41) is 21.5. The SMILES string of the molecule is CC(C)[C@@H](Nc1c(F)cc([N+](=O)[O-])cc1F)C(=O)O. The molecule has 104 valence electrons. The summed E-state index contributed by atoms with van der Waals surface area (Å²) in [6.07, 6.45) is 0. The third kappa shape index (κ3) is 3.36. The Labute approximate surface area is 107 Å². The van der Waals surface area contributed by atoms with Gasteiger partial charge in [0.2, 0.25) is 0 Å². The predicted molar refractivity (Wildman–Crippen MR) is 62.9 cm³/mol. The molecule has 1 aromatic carbocycles. The van der Waals surface area contributed by atoms with Crippen molar-refractivity contribution in [3.8, 4) is 0 Å². The second-order valence-corrected chi connectivity index (χ2v) is 4.25. The number of hydrogen-bond donors (Lipinski definition) is 2. The number of rotatable bonds is 5. The molecule has 0 aliphatic rings. The van der Waals surface area contributed by atoms with Gasteiger partial charge in [0, 0.05) is 0 Å². The number of benzene rings is 1. The third-order valence-corrected chi connectivity index (χ3v) is 2.47. The Morgan fingerprint density at radius 1 is 1.37 bits per heavy atom. The van der Waals surface area contributed by atoms with Gasteiger partial charge >= 0.3 is 5.97 Å². The zero-order chi connectivity index (χ0) is 14.7. The van der Waals surface area contributed by atoms with E-state index in [4.69, 9.17) is 5.11 Å². The first-order valence-electron chi connectivity index (χ1n) is 5.36. The van der Waals surface area contributed by atoms with E-state index in [1.807, 2.05) is 0 Å². The molecule has 0 fully saturated rings. The average molecular weight is 274 g/mol. The van der Waals surface area contributed by atoms with E-state index < -0.39 is 45.9 Å². The standard InChI is InChI=1S/C11H12F2N2O4/c1-5(2)9(11(16)17)14-10-7(12)3-6(15(18)19)4-8(10)13/h3-5,9,14H,1-2H3,(H,16,17)/t9-/m1/s1. The molecule has 0 spiro atoms. The average Bonchev–Trinajstić information content (AvgIpc) is 2.26. The lowest BCUT2D eigenvalue weighted by atomic mass is 10.0. The van der Waals surface area contributed by atoms with Gasteiger partial charge in [-0.2, -0.15) is 0 Å². The van der Waals surface area contributed by atoms with Gasteiger partial charge in [0.05, 0.1) is 17.1 Å². The maximum Gasteiger partial charge on any atom is 0.326 e. The van der Waals surface area contributed by atoms with E-state index in [1.54, 1.807) is 13.8 Å². The maximum absolute atomic E-state index is 13.6. The largest absolute Gasteiger partial charge is 0.480 e. The molecule has 1 atom stereocenters. The molecule has 0 aliphatic carbocycles. The summed E-state index contributed by atoms with van der Waals surface area (Å²) in [4.78, 5) is 20.4. The minimum absolute atomic E-state index is 0.425. The normalized spacial score (nSPS) is 12.3. The summed E-state index contributed by atoms with van der Waals surface area (Å²) in [5.74, 6) is -4.11. The van der Waals surface area contributed by atoms with Gasteiger partial charge in [0.15, 0.2) is 11.6 Å². The minimum Gasteiger partial charge on any atom is -0.480 e. The number of aliphatic carboxylic acids is 1. The molecule has 0 aliphatic heterocycles. The van der Waals surface area contributed by atoms with E-state index in [1.165, 1.54) is 0 Å². The van der Waals surface area contributed by atoms with Gasteiger partial charge in [0.1, 0.15) is 11.7 Å². The number of nitrogens with one attached hydrogen (secondary N) is 1. The number of carbonyl (C=O) groups is 1. The van der Waals surface area contributed by atoms with E-state index in [2.05, 4.69) is 5.32 Å². The van der Waals surface area contributed by atoms with E-state index >= 15 is 0 Å². The fourth-order valence-electron chi connectivity index (χ4n) is 1.47. The Balaban J connectivity index is 3.14. The summed E-state index contributed by atoms with van der Waals surface area (Å²) < 4.78 is 27.1. The zero-order valence-electron chi connectivity index (χ0n) is 10.2. The number of hydrogen-bond acceptors (Lipinski definition) is 4. The first-order chi connectivity index (χ1) is 8.73. The van der Waals surface area contributed by atoms with Crippen molar-refractivity contribution < 1.29 is 23.6 Å². The third-order valence-electron chi connectivity index (χ3n) is 2.47. The van der Waals surface area contributed by atoms with Crippen LogP contribution in [0.2, 0.25) is 0 Å². The molecule has 2 N–H and O–H groups in total. The van der Waals surface area contributed by atoms with Crippen molar-refractivity contribution in [3.63, 3.8) is 0 Å². The molecule has 0 bridgehead atoms. The highest BCUT2D eigenvalue weighted by Gasteiger charge is 2.25. The van der Waals surface area contributed by atoms with Crippen LogP contribution in [0.1, 0.15) is 13.8 Å². The van der Waals surface area contributed by atoms with Crippen LogP contribution in [0.5, 0.6) is 0 Å². The second-order valence-electron chi connectivity index (χ2n) is 4.25. The first kappa shape index (κ1) is 14.8. The topological polar surface area (TPSA) is 92.5 Å². The number of anilines is 1. The predicted octanol–water partition coefficient (Wildman–Crippen LogP) is 2.39. The van der Waals surface area contributed by atoms with Gasteiger partial charge in [0.25, 0.3) is 5.69 Å². The second kappa shape index (κ2) is 5.59. The van der Waals surface area contributed by atoms with E-state index in [0.717, 1.165) is 0 Å². The lowest BCUT2D eigenvalue weighted by Gasteiger charge is -2.19. The molecule has 0 saturated heterocycles. The number of nitro groups is 1. The lowest BCUT2D eigenvalue weighted by Crippen LogP contribution is -2.35. The Morgan fingerprint density at radius 3 is 2.16 bits per heavy atom. The van der Waals surface area contributed by atoms with Gasteiger partial charge in [-0.05, 0) is 5.92 Å². The summed E-state index contributed by atoms with van der Waals surface area (Å²) in [7, 11) is 0. The van der Waals surface area contributed by atoms with Gasteiger partial charge in [-0.3, -0.25) is 10.1 Å². The smallest absolute Gasteiger partial charge is 0.326 e. The van der Waals surface area contributed by atoms with Crippen LogP contribution in [0.25, 0.3) is 0 Å². The highest BCUT2D eigenvalue weighted by atomic mass is 19.1. The molecule has 0 unspecified atom stereocenters. The van der Waals surface area contributed by atoms with Crippen molar-refractivity contribution >= 4 is 17.3 Å². The number of halogens is 2. The molecule has 0 radical (unpaired) electrons. The van der Waals surface area contributed by atoms with Crippen molar-refractivity contribution in [1.29, 1.82) is 0 Å². The molecule has 8 heteroatoms. The molecule has 0 saturated carbocycles. The summed E-state index contributed by atoms with van der Waals surface area (Å²) >= 11 is 0. The molecular formula is C11H12F2N2O4. The van der Waals surface area contributed by atoms with Crippen LogP contribution >= 0.6 is 0 Å². The Morgan fingerprint density at radius 2 is 1.84 bits per heavy atom. The van der Waals surface area contributed by atoms with Gasteiger partial charge in [-0.1, -0.05) is 13.8 Å². The molecule has 0 amide bonds. The van der Waals surface area contributed by atoms with Crippen LogP contribution < -0.4 is 5.32 Å². The molecule has 0 heterocycles. The van der Waals surface area contributed by atoms with Crippen molar-refractivity contribution in [2.45, 2.75) is 19.9 Å². The van der Waals surface area contributed by atoms with E-state index in [0.29, 0.717) is 12.1 Å². The molecule has 6 nitrogen and oxygen atoms in total. The molecular weight excluding hydrogens is 262 g/mol. The highest BCUT2D eigenvalue weighted by Crippen LogP contribution is 2.26. The summed E-state index contributed by atoms with van der Waals surface area (Å²) in [5.41, 5.74) is -1.43. The number of nitro benzene ring substituents is 1. The van der Waals surface area contributed by atoms with E-state index in [9.17, 15) is 23.7 Å². The van der Waals surface area contributed by atoms with E-state index in [-0.39, 0.29) is 0 Å². The number of non-ortho nitro benzene ring substituents is 1. The van der Waals surface area contributed by atoms with Crippen LogP contribution in [0.3, 0.4) is 0 Å². The number of nitrogens with zero attached hydrogens (tertiary/aromatic N) is 1. The van der Waals surface area contributed by atoms with Gasteiger partial charge < -0.3 is 10.4 Å². The van der Waals surface area contributed by atoms with Gasteiger partial charge in [-0.15, -0.1) is 0 Å². The molecule has 0 aromatic heterocycles. The van der Waals surface area contributed by atoms with Crippen LogP contribution in [0, 0.1) is 27.7 Å². The van der Waals surface area contributed by atoms with Crippen LogP contribution in [-0.2, 0) is 4.79 Å². The van der Waals surface area contributed by atoms with Crippen molar-refractivity contribution in [2.75, 3.05) is 5.32 Å². The van der Waals surface area contributed by atoms with Crippen molar-refractivity contribution in [3.05, 3.63) is 33.9 Å². The van der Waals surface area contributed by atoms with Crippen LogP contribution in [0.4, 0.5) is 20.2 Å². The van der Waals surface area contributed by atoms with Gasteiger partial charge in [-0.25, -0.2) is 13.6 Å². The monoisotopic (exact) mass is 274 g/mol. The lowest BCUT2D eigenvalue weighted by molar-refractivity contribution is -0.385. The molecule has 1 rings (SSSR count). The van der Waals surface area contributed by atoms with Crippen molar-refractivity contribution in [1.82, 2.24) is 0 Å². The summed E-state index contributed by atoms with van der Waals surface area (Å²) in [6, 6.07) is -0.138.